The number of hydrogen-bond donors (Lipinski definition) is 1. The highest BCUT2D eigenvalue weighted by Gasteiger charge is 2.28. The van der Waals surface area contributed by atoms with Gasteiger partial charge in [-0.05, 0) is 42.5 Å². The van der Waals surface area contributed by atoms with Crippen LogP contribution in [0.3, 0.4) is 0 Å². The van der Waals surface area contributed by atoms with Gasteiger partial charge in [0.2, 0.25) is 5.91 Å². The summed E-state index contributed by atoms with van der Waals surface area (Å²) in [5, 5.41) is 5.91. The number of anilines is 2. The van der Waals surface area contributed by atoms with Crippen molar-refractivity contribution in [3.63, 3.8) is 0 Å². The van der Waals surface area contributed by atoms with E-state index in [0.717, 1.165) is 22.0 Å². The molecule has 1 aliphatic rings. The molecule has 0 spiro atoms. The quantitative estimate of drug-likeness (QED) is 0.443. The van der Waals surface area contributed by atoms with Crippen LogP contribution in [-0.4, -0.2) is 34.9 Å². The molecule has 0 fully saturated rings. The molecule has 5 rings (SSSR count). The van der Waals surface area contributed by atoms with E-state index in [2.05, 4.69) is 15.3 Å². The molecule has 2 amide bonds. The Morgan fingerprint density at radius 3 is 2.79 bits per heavy atom. The van der Waals surface area contributed by atoms with Crippen LogP contribution in [0.25, 0.3) is 22.0 Å². The monoisotopic (exact) mass is 476 g/mol. The molecule has 0 atom stereocenters. The van der Waals surface area contributed by atoms with E-state index in [1.54, 1.807) is 36.5 Å². The number of aromatic nitrogens is 2. The van der Waals surface area contributed by atoms with Crippen LogP contribution in [0.2, 0.25) is 5.02 Å². The normalized spacial score (nSPS) is 12.8. The van der Waals surface area contributed by atoms with E-state index in [1.165, 1.54) is 16.2 Å². The number of carbonyl (C=O) groups excluding carboxylic acids is 2. The van der Waals surface area contributed by atoms with Crippen molar-refractivity contribution < 1.29 is 14.3 Å². The fraction of sp³-hybridized carbons (Fsp3) is 0.0833. The van der Waals surface area contributed by atoms with Gasteiger partial charge in [0.05, 0.1) is 27.8 Å². The minimum atomic E-state index is -0.360. The zero-order valence-corrected chi connectivity index (χ0v) is 18.8. The minimum absolute atomic E-state index is 0.133. The number of rotatable bonds is 5. The smallest absolute Gasteiger partial charge is 0.265 e. The van der Waals surface area contributed by atoms with Gasteiger partial charge >= 0.3 is 0 Å². The molecule has 3 heterocycles. The minimum Gasteiger partial charge on any atom is -0.482 e. The molecule has 0 bridgehead atoms. The third-order valence-electron chi connectivity index (χ3n) is 5.04. The number of ether oxygens (including phenoxy) is 1. The number of amides is 2. The molecular weight excluding hydrogens is 460 g/mol. The van der Waals surface area contributed by atoms with Gasteiger partial charge in [-0.3, -0.25) is 19.5 Å². The second-order valence-electron chi connectivity index (χ2n) is 7.23. The van der Waals surface area contributed by atoms with Gasteiger partial charge in [0.1, 0.15) is 17.3 Å². The highest BCUT2D eigenvalue weighted by molar-refractivity contribution is 7.13. The summed E-state index contributed by atoms with van der Waals surface area (Å²) in [6.07, 6.45) is 1.73. The first-order valence-corrected chi connectivity index (χ1v) is 11.3. The van der Waals surface area contributed by atoms with Crippen LogP contribution in [0.4, 0.5) is 11.4 Å². The van der Waals surface area contributed by atoms with Gasteiger partial charge < -0.3 is 10.1 Å². The Hall–Kier alpha value is -3.75. The molecule has 0 saturated carbocycles. The van der Waals surface area contributed by atoms with Gasteiger partial charge in [0.25, 0.3) is 5.91 Å². The molecule has 33 heavy (non-hydrogen) atoms. The van der Waals surface area contributed by atoms with Crippen molar-refractivity contribution in [1.82, 2.24) is 9.97 Å². The first-order valence-electron chi connectivity index (χ1n) is 10.1. The molecule has 0 saturated heterocycles. The second kappa shape index (κ2) is 9.01. The molecule has 1 aliphatic heterocycles. The third-order valence-corrected chi connectivity index (χ3v) is 6.23. The third kappa shape index (κ3) is 4.44. The fourth-order valence-corrected chi connectivity index (χ4v) is 4.43. The van der Waals surface area contributed by atoms with Crippen molar-refractivity contribution >= 4 is 46.1 Å². The maximum Gasteiger partial charge on any atom is 0.265 e. The lowest BCUT2D eigenvalue weighted by molar-refractivity contribution is -0.123. The Morgan fingerprint density at radius 2 is 1.97 bits per heavy atom. The molecule has 0 unspecified atom stereocenters. The highest BCUT2D eigenvalue weighted by Crippen LogP contribution is 2.37. The number of thiazole rings is 1. The summed E-state index contributed by atoms with van der Waals surface area (Å²) in [5.74, 6) is -0.133. The standard InChI is InChI=1S/C24H17ClN4O3S/c25-16-5-1-2-6-17(16)27-22(30)12-29-20-11-15(8-9-21(20)32-13-23(29)31)19-14-33-24(28-19)18-7-3-4-10-26-18/h1-11,14H,12-13H2,(H,27,30). The van der Waals surface area contributed by atoms with Crippen molar-refractivity contribution in [3.8, 4) is 27.7 Å². The predicted molar refractivity (Wildman–Crippen MR) is 129 cm³/mol. The maximum atomic E-state index is 12.7. The van der Waals surface area contributed by atoms with E-state index >= 15 is 0 Å². The Bertz CT molecular complexity index is 1340. The van der Waals surface area contributed by atoms with Crippen molar-refractivity contribution in [2.45, 2.75) is 0 Å². The Labute approximate surface area is 198 Å². The Kier molecular flexibility index (Phi) is 5.77. The van der Waals surface area contributed by atoms with Crippen LogP contribution in [0.1, 0.15) is 0 Å². The van der Waals surface area contributed by atoms with Crippen molar-refractivity contribution in [3.05, 3.63) is 77.3 Å². The molecule has 1 N–H and O–H groups in total. The second-order valence-corrected chi connectivity index (χ2v) is 8.50. The van der Waals surface area contributed by atoms with Crippen LogP contribution in [-0.2, 0) is 9.59 Å². The van der Waals surface area contributed by atoms with Gasteiger partial charge in [-0.2, -0.15) is 0 Å². The lowest BCUT2D eigenvalue weighted by Crippen LogP contribution is -2.43. The molecule has 7 nitrogen and oxygen atoms in total. The van der Waals surface area contributed by atoms with Crippen LogP contribution in [0.5, 0.6) is 5.75 Å². The summed E-state index contributed by atoms with van der Waals surface area (Å²) in [6.45, 7) is -0.299. The number of pyridine rings is 1. The molecule has 4 aromatic rings. The van der Waals surface area contributed by atoms with Gasteiger partial charge in [-0.25, -0.2) is 4.98 Å². The SMILES string of the molecule is O=C(CN1C(=O)COc2ccc(-c3csc(-c4ccccn4)n3)cc21)Nc1ccccc1Cl. The van der Waals surface area contributed by atoms with Crippen LogP contribution < -0.4 is 15.0 Å². The summed E-state index contributed by atoms with van der Waals surface area (Å²) in [7, 11) is 0. The zero-order chi connectivity index (χ0) is 22.8. The van der Waals surface area contributed by atoms with Crippen LogP contribution >= 0.6 is 22.9 Å². The highest BCUT2D eigenvalue weighted by atomic mass is 35.5. The summed E-state index contributed by atoms with van der Waals surface area (Å²) >= 11 is 7.62. The Balaban J connectivity index is 1.41. The number of carbonyl (C=O) groups is 2. The number of nitrogens with zero attached hydrogens (tertiary/aromatic N) is 3. The molecule has 164 valence electrons. The van der Waals surface area contributed by atoms with E-state index in [4.69, 9.17) is 16.3 Å². The lowest BCUT2D eigenvalue weighted by Gasteiger charge is -2.29. The molecule has 9 heteroatoms. The van der Waals surface area contributed by atoms with Gasteiger partial charge in [-0.1, -0.05) is 29.8 Å². The predicted octanol–water partition coefficient (Wildman–Crippen LogP) is 4.89. The van der Waals surface area contributed by atoms with Gasteiger partial charge in [-0.15, -0.1) is 11.3 Å². The number of benzene rings is 2. The van der Waals surface area contributed by atoms with Crippen molar-refractivity contribution in [1.29, 1.82) is 0 Å². The summed E-state index contributed by atoms with van der Waals surface area (Å²) in [4.78, 5) is 35.8. The van der Waals surface area contributed by atoms with E-state index in [0.29, 0.717) is 22.1 Å². The Morgan fingerprint density at radius 1 is 1.12 bits per heavy atom. The first kappa shape index (κ1) is 21.1. The fourth-order valence-electron chi connectivity index (χ4n) is 3.44. The maximum absolute atomic E-state index is 12.7. The molecule has 0 radical (unpaired) electrons. The number of hydrogen-bond acceptors (Lipinski definition) is 6. The molecule has 2 aromatic carbocycles. The van der Waals surface area contributed by atoms with Crippen molar-refractivity contribution in [2.75, 3.05) is 23.4 Å². The van der Waals surface area contributed by atoms with E-state index in [-0.39, 0.29) is 25.0 Å². The topological polar surface area (TPSA) is 84.4 Å². The largest absolute Gasteiger partial charge is 0.482 e. The van der Waals surface area contributed by atoms with E-state index in [9.17, 15) is 9.59 Å². The molecular formula is C24H17ClN4O3S. The van der Waals surface area contributed by atoms with Crippen molar-refractivity contribution in [2.24, 2.45) is 0 Å². The number of fused-ring (bicyclic) bond motifs is 1. The first-order chi connectivity index (χ1) is 16.1. The number of nitrogens with one attached hydrogen (secondary N) is 1. The van der Waals surface area contributed by atoms with Gasteiger partial charge in [0, 0.05) is 17.1 Å². The average Bonchev–Trinajstić information content (AvgIpc) is 3.33. The summed E-state index contributed by atoms with van der Waals surface area (Å²) in [5.41, 5.74) is 3.36. The molecule has 2 aromatic heterocycles. The summed E-state index contributed by atoms with van der Waals surface area (Å²) in [6, 6.07) is 18.1. The van der Waals surface area contributed by atoms with Gasteiger partial charge in [0.15, 0.2) is 6.61 Å². The zero-order valence-electron chi connectivity index (χ0n) is 17.2. The van der Waals surface area contributed by atoms with E-state index in [1.807, 2.05) is 35.7 Å². The number of para-hydroxylation sites is 1. The van der Waals surface area contributed by atoms with Crippen LogP contribution in [0.15, 0.2) is 72.2 Å². The van der Waals surface area contributed by atoms with E-state index < -0.39 is 0 Å². The lowest BCUT2D eigenvalue weighted by atomic mass is 10.1. The molecule has 0 aliphatic carbocycles. The van der Waals surface area contributed by atoms with Crippen LogP contribution in [0, 0.1) is 0 Å². The summed E-state index contributed by atoms with van der Waals surface area (Å²) < 4.78 is 5.58. The average molecular weight is 477 g/mol. The number of halogens is 1.